The van der Waals surface area contributed by atoms with E-state index < -0.39 is 10.2 Å². The maximum Gasteiger partial charge on any atom is 0.279 e. The Morgan fingerprint density at radius 1 is 1.13 bits per heavy atom. The van der Waals surface area contributed by atoms with Crippen LogP contribution in [0.25, 0.3) is 11.1 Å². The number of hydrogen-bond donors (Lipinski definition) is 1. The Hall–Kier alpha value is -1.44. The number of oxazole rings is 1. The molecule has 0 aliphatic carbocycles. The maximum atomic E-state index is 12.3. The molecule has 2 aromatic rings. The number of nitrogens with one attached hydrogen (secondary N) is 1. The number of nitrogens with zero attached hydrogens (tertiary/aromatic N) is 2. The van der Waals surface area contributed by atoms with Gasteiger partial charge in [0.1, 0.15) is 5.52 Å². The number of rotatable bonds is 6. The molecule has 0 unspecified atom stereocenters. The summed E-state index contributed by atoms with van der Waals surface area (Å²) in [6.07, 6.45) is 5.41. The minimum absolute atomic E-state index is 0.400. The lowest BCUT2D eigenvalue weighted by atomic mass is 10.2. The average molecular weight is 337 g/mol. The van der Waals surface area contributed by atoms with Gasteiger partial charge in [-0.3, -0.25) is 0 Å². The van der Waals surface area contributed by atoms with Gasteiger partial charge in [0.2, 0.25) is 0 Å². The molecule has 23 heavy (non-hydrogen) atoms. The first-order valence-electron chi connectivity index (χ1n) is 8.24. The molecule has 0 saturated carbocycles. The second kappa shape index (κ2) is 7.42. The highest BCUT2D eigenvalue weighted by Gasteiger charge is 2.22. The monoisotopic (exact) mass is 337 g/mol. The Morgan fingerprint density at radius 3 is 2.61 bits per heavy atom. The summed E-state index contributed by atoms with van der Waals surface area (Å²) >= 11 is 0. The standard InChI is InChI=1S/C16H23N3O3S/c20-23(21,19-12-5-1-2-6-13-19)17-11-7-10-16-18-14-8-3-4-9-15(14)22-16/h3-4,8-9,17H,1-2,5-7,10-13H2. The van der Waals surface area contributed by atoms with E-state index in [0.717, 1.165) is 36.8 Å². The van der Waals surface area contributed by atoms with Crippen LogP contribution in [-0.2, 0) is 16.6 Å². The summed E-state index contributed by atoms with van der Waals surface area (Å²) in [6.45, 7) is 1.65. The first-order chi connectivity index (χ1) is 11.1. The van der Waals surface area contributed by atoms with Gasteiger partial charge in [-0.2, -0.15) is 12.7 Å². The molecule has 0 radical (unpaired) electrons. The number of aromatic nitrogens is 1. The van der Waals surface area contributed by atoms with Crippen LogP contribution in [0.3, 0.4) is 0 Å². The lowest BCUT2D eigenvalue weighted by Gasteiger charge is -2.20. The average Bonchev–Trinajstić information content (AvgIpc) is 2.75. The summed E-state index contributed by atoms with van der Waals surface area (Å²) in [5.74, 6) is 0.653. The molecule has 7 heteroatoms. The van der Waals surface area contributed by atoms with Gasteiger partial charge in [0.05, 0.1) is 0 Å². The van der Waals surface area contributed by atoms with Gasteiger partial charge in [0.15, 0.2) is 11.5 Å². The Kier molecular flexibility index (Phi) is 5.30. The third-order valence-corrected chi connectivity index (χ3v) is 5.71. The number of aryl methyl sites for hydroxylation is 1. The van der Waals surface area contributed by atoms with Crippen LogP contribution in [0, 0.1) is 0 Å². The molecule has 1 fully saturated rings. The fourth-order valence-corrected chi connectivity index (χ4v) is 4.16. The van der Waals surface area contributed by atoms with Crippen molar-refractivity contribution in [2.45, 2.75) is 38.5 Å². The zero-order valence-electron chi connectivity index (χ0n) is 13.2. The van der Waals surface area contributed by atoms with Crippen LogP contribution in [0.15, 0.2) is 28.7 Å². The molecule has 1 aromatic carbocycles. The lowest BCUT2D eigenvalue weighted by molar-refractivity contribution is 0.413. The quantitative estimate of drug-likeness (QED) is 0.822. The fourth-order valence-electron chi connectivity index (χ4n) is 2.84. The SMILES string of the molecule is O=S(=O)(NCCCc1nc2ccccc2o1)N1CCCCCC1. The lowest BCUT2D eigenvalue weighted by Crippen LogP contribution is -2.41. The summed E-state index contributed by atoms with van der Waals surface area (Å²) in [4.78, 5) is 4.39. The first kappa shape index (κ1) is 16.4. The van der Waals surface area contributed by atoms with Gasteiger partial charge in [-0.1, -0.05) is 25.0 Å². The van der Waals surface area contributed by atoms with Crippen molar-refractivity contribution >= 4 is 21.3 Å². The van der Waals surface area contributed by atoms with Crippen LogP contribution in [-0.4, -0.2) is 37.3 Å². The smallest absolute Gasteiger partial charge is 0.279 e. The molecule has 1 saturated heterocycles. The third kappa shape index (κ3) is 4.31. The number of para-hydroxylation sites is 2. The van der Waals surface area contributed by atoms with Crippen molar-refractivity contribution in [1.82, 2.24) is 14.0 Å². The molecule has 126 valence electrons. The van der Waals surface area contributed by atoms with E-state index in [1.807, 2.05) is 24.3 Å². The largest absolute Gasteiger partial charge is 0.441 e. The van der Waals surface area contributed by atoms with E-state index in [0.29, 0.717) is 38.4 Å². The Labute approximate surface area is 137 Å². The van der Waals surface area contributed by atoms with E-state index in [-0.39, 0.29) is 0 Å². The van der Waals surface area contributed by atoms with Crippen molar-refractivity contribution in [2.24, 2.45) is 0 Å². The van der Waals surface area contributed by atoms with Crippen LogP contribution in [0.1, 0.15) is 38.0 Å². The molecule has 0 amide bonds. The van der Waals surface area contributed by atoms with Gasteiger partial charge in [-0.15, -0.1) is 0 Å². The highest BCUT2D eigenvalue weighted by atomic mass is 32.2. The Bertz CT molecular complexity index is 701. The highest BCUT2D eigenvalue weighted by molar-refractivity contribution is 7.87. The van der Waals surface area contributed by atoms with Crippen molar-refractivity contribution in [3.63, 3.8) is 0 Å². The van der Waals surface area contributed by atoms with Gasteiger partial charge in [0.25, 0.3) is 10.2 Å². The molecule has 0 spiro atoms. The molecule has 6 nitrogen and oxygen atoms in total. The molecule has 0 bridgehead atoms. The van der Waals surface area contributed by atoms with Gasteiger partial charge >= 0.3 is 0 Å². The van der Waals surface area contributed by atoms with E-state index in [1.165, 1.54) is 0 Å². The number of fused-ring (bicyclic) bond motifs is 1. The third-order valence-electron chi connectivity index (χ3n) is 4.10. The predicted molar refractivity (Wildman–Crippen MR) is 89.3 cm³/mol. The topological polar surface area (TPSA) is 75.4 Å². The molecule has 3 rings (SSSR count). The van der Waals surface area contributed by atoms with E-state index in [4.69, 9.17) is 4.42 Å². The van der Waals surface area contributed by atoms with Crippen LogP contribution in [0.5, 0.6) is 0 Å². The Balaban J connectivity index is 1.48. The molecule has 1 aromatic heterocycles. The van der Waals surface area contributed by atoms with E-state index in [9.17, 15) is 8.42 Å². The summed E-state index contributed by atoms with van der Waals surface area (Å²) in [7, 11) is -3.35. The van der Waals surface area contributed by atoms with Crippen molar-refractivity contribution in [3.05, 3.63) is 30.2 Å². The van der Waals surface area contributed by atoms with Gasteiger partial charge < -0.3 is 4.42 Å². The minimum Gasteiger partial charge on any atom is -0.441 e. The van der Waals surface area contributed by atoms with Gasteiger partial charge in [-0.25, -0.2) is 9.71 Å². The zero-order chi connectivity index (χ0) is 16.1. The second-order valence-electron chi connectivity index (χ2n) is 5.89. The molecule has 1 aliphatic rings. The molecular weight excluding hydrogens is 314 g/mol. The predicted octanol–water partition coefficient (Wildman–Crippen LogP) is 2.47. The van der Waals surface area contributed by atoms with Crippen LogP contribution in [0.2, 0.25) is 0 Å². The van der Waals surface area contributed by atoms with Crippen LogP contribution < -0.4 is 4.72 Å². The van der Waals surface area contributed by atoms with Crippen molar-refractivity contribution in [2.75, 3.05) is 19.6 Å². The van der Waals surface area contributed by atoms with Crippen LogP contribution in [0.4, 0.5) is 0 Å². The summed E-state index contributed by atoms with van der Waals surface area (Å²) in [6, 6.07) is 7.62. The normalized spacial score (nSPS) is 17.4. The highest BCUT2D eigenvalue weighted by Crippen LogP contribution is 2.16. The van der Waals surface area contributed by atoms with Gasteiger partial charge in [-0.05, 0) is 31.4 Å². The zero-order valence-corrected chi connectivity index (χ0v) is 14.0. The van der Waals surface area contributed by atoms with E-state index >= 15 is 0 Å². The maximum absolute atomic E-state index is 12.3. The fraction of sp³-hybridized carbons (Fsp3) is 0.562. The molecule has 0 atom stereocenters. The van der Waals surface area contributed by atoms with Gasteiger partial charge in [0, 0.05) is 26.1 Å². The number of benzene rings is 1. The van der Waals surface area contributed by atoms with Crippen molar-refractivity contribution in [1.29, 1.82) is 0 Å². The summed E-state index contributed by atoms with van der Waals surface area (Å²) in [5.41, 5.74) is 1.61. The first-order valence-corrected chi connectivity index (χ1v) is 9.68. The van der Waals surface area contributed by atoms with Crippen LogP contribution >= 0.6 is 0 Å². The Morgan fingerprint density at radius 2 is 1.87 bits per heavy atom. The molecule has 1 aliphatic heterocycles. The van der Waals surface area contributed by atoms with E-state index in [2.05, 4.69) is 9.71 Å². The second-order valence-corrected chi connectivity index (χ2v) is 7.65. The van der Waals surface area contributed by atoms with Crippen molar-refractivity contribution in [3.8, 4) is 0 Å². The summed E-state index contributed by atoms with van der Waals surface area (Å²) in [5, 5.41) is 0. The molecule has 2 heterocycles. The molecule has 1 N–H and O–H groups in total. The molecular formula is C16H23N3O3S. The summed E-state index contributed by atoms with van der Waals surface area (Å²) < 4.78 is 34.4. The van der Waals surface area contributed by atoms with Crippen molar-refractivity contribution < 1.29 is 12.8 Å². The number of hydrogen-bond acceptors (Lipinski definition) is 4. The van der Waals surface area contributed by atoms with E-state index in [1.54, 1.807) is 4.31 Å². The minimum atomic E-state index is -3.35.